The summed E-state index contributed by atoms with van der Waals surface area (Å²) >= 11 is 0. The van der Waals surface area contributed by atoms with Crippen LogP contribution in [0.25, 0.3) is 0 Å². The molecule has 0 aliphatic carbocycles. The molecule has 0 aliphatic heterocycles. The standard InChI is InChI=1S/C9H12F3N5O3/c1-5-6(17(18)19)7(15-8(14-5)16-13)20-4-2-3-9(10,11)12/h2-4,13H2,1H3,(H,14,15,16). The molecule has 0 saturated carbocycles. The minimum absolute atomic E-state index is 0.0104. The van der Waals surface area contributed by atoms with E-state index in [9.17, 15) is 23.3 Å². The first kappa shape index (κ1) is 15.9. The predicted octanol–water partition coefficient (Wildman–Crippen LogP) is 1.70. The molecule has 0 fully saturated rings. The Kier molecular flexibility index (Phi) is 5.02. The maximum Gasteiger partial charge on any atom is 0.389 e. The van der Waals surface area contributed by atoms with Crippen molar-refractivity contribution in [1.82, 2.24) is 9.97 Å². The van der Waals surface area contributed by atoms with Crippen LogP contribution < -0.4 is 16.0 Å². The van der Waals surface area contributed by atoms with Gasteiger partial charge in [0.05, 0.1) is 11.5 Å². The Bertz CT molecular complexity index is 494. The molecule has 0 amide bonds. The van der Waals surface area contributed by atoms with Gasteiger partial charge in [0.1, 0.15) is 5.69 Å². The number of aryl methyl sites for hydroxylation is 1. The number of rotatable bonds is 6. The molecule has 0 saturated heterocycles. The smallest absolute Gasteiger partial charge is 0.389 e. The fourth-order valence-corrected chi connectivity index (χ4v) is 1.36. The highest BCUT2D eigenvalue weighted by Crippen LogP contribution is 2.29. The van der Waals surface area contributed by atoms with Gasteiger partial charge in [-0.2, -0.15) is 18.2 Å². The predicted molar refractivity (Wildman–Crippen MR) is 62.0 cm³/mol. The lowest BCUT2D eigenvalue weighted by Gasteiger charge is -2.09. The number of ether oxygens (including phenoxy) is 1. The van der Waals surface area contributed by atoms with Crippen molar-refractivity contribution < 1.29 is 22.8 Å². The molecule has 0 aromatic carbocycles. The van der Waals surface area contributed by atoms with E-state index in [4.69, 9.17) is 10.6 Å². The Morgan fingerprint density at radius 2 is 2.10 bits per heavy atom. The number of nitrogens with one attached hydrogen (secondary N) is 1. The third kappa shape index (κ3) is 4.50. The van der Waals surface area contributed by atoms with Gasteiger partial charge in [-0.1, -0.05) is 0 Å². The van der Waals surface area contributed by atoms with Crippen LogP contribution in [0.2, 0.25) is 0 Å². The highest BCUT2D eigenvalue weighted by molar-refractivity contribution is 5.48. The molecule has 1 rings (SSSR count). The maximum atomic E-state index is 12.0. The second-order valence-electron chi connectivity index (χ2n) is 3.76. The Hall–Kier alpha value is -2.17. The zero-order valence-electron chi connectivity index (χ0n) is 10.4. The van der Waals surface area contributed by atoms with Gasteiger partial charge in [-0.25, -0.2) is 10.8 Å². The second-order valence-corrected chi connectivity index (χ2v) is 3.76. The molecule has 1 heterocycles. The van der Waals surface area contributed by atoms with Crippen molar-refractivity contribution in [2.24, 2.45) is 5.84 Å². The van der Waals surface area contributed by atoms with Crippen LogP contribution in [-0.2, 0) is 0 Å². The average molecular weight is 295 g/mol. The third-order valence-electron chi connectivity index (χ3n) is 2.18. The van der Waals surface area contributed by atoms with Crippen LogP contribution in [-0.4, -0.2) is 27.7 Å². The number of hydrogen-bond acceptors (Lipinski definition) is 7. The van der Waals surface area contributed by atoms with E-state index in [0.29, 0.717) is 0 Å². The summed E-state index contributed by atoms with van der Waals surface area (Å²) in [6.07, 6.45) is -5.69. The van der Waals surface area contributed by atoms with Crippen molar-refractivity contribution >= 4 is 11.6 Å². The summed E-state index contributed by atoms with van der Waals surface area (Å²) in [7, 11) is 0. The monoisotopic (exact) mass is 295 g/mol. The van der Waals surface area contributed by atoms with Gasteiger partial charge in [0, 0.05) is 6.42 Å². The minimum Gasteiger partial charge on any atom is -0.473 e. The Morgan fingerprint density at radius 3 is 2.60 bits per heavy atom. The largest absolute Gasteiger partial charge is 0.473 e. The molecular weight excluding hydrogens is 283 g/mol. The third-order valence-corrected chi connectivity index (χ3v) is 2.18. The van der Waals surface area contributed by atoms with Crippen molar-refractivity contribution in [1.29, 1.82) is 0 Å². The fraction of sp³-hybridized carbons (Fsp3) is 0.556. The molecule has 11 heteroatoms. The summed E-state index contributed by atoms with van der Waals surface area (Å²) in [5.41, 5.74) is 1.57. The van der Waals surface area contributed by atoms with Crippen molar-refractivity contribution in [3.05, 3.63) is 15.8 Å². The van der Waals surface area contributed by atoms with Crippen LogP contribution in [0.4, 0.5) is 24.8 Å². The number of nitro groups is 1. The summed E-state index contributed by atoms with van der Waals surface area (Å²) in [4.78, 5) is 17.4. The lowest BCUT2D eigenvalue weighted by atomic mass is 10.3. The fourth-order valence-electron chi connectivity index (χ4n) is 1.36. The number of hydrazine groups is 1. The summed E-state index contributed by atoms with van der Waals surface area (Å²) < 4.78 is 40.8. The van der Waals surface area contributed by atoms with Crippen LogP contribution >= 0.6 is 0 Å². The van der Waals surface area contributed by atoms with Crippen LogP contribution in [0.3, 0.4) is 0 Å². The van der Waals surface area contributed by atoms with E-state index in [1.807, 2.05) is 0 Å². The summed E-state index contributed by atoms with van der Waals surface area (Å²) in [5.74, 6) is 4.53. The molecular formula is C9H12F3N5O3. The van der Waals surface area contributed by atoms with Gasteiger partial charge in [-0.15, -0.1) is 0 Å². The number of nitrogens with zero attached hydrogens (tertiary/aromatic N) is 3. The first-order valence-corrected chi connectivity index (χ1v) is 5.44. The number of aromatic nitrogens is 2. The van der Waals surface area contributed by atoms with E-state index in [2.05, 4.69) is 15.4 Å². The Morgan fingerprint density at radius 1 is 1.45 bits per heavy atom. The zero-order valence-corrected chi connectivity index (χ0v) is 10.4. The molecule has 0 bridgehead atoms. The highest BCUT2D eigenvalue weighted by atomic mass is 19.4. The number of hydrogen-bond donors (Lipinski definition) is 2. The number of nitrogens with two attached hydrogens (primary N) is 1. The van der Waals surface area contributed by atoms with E-state index < -0.39 is 29.1 Å². The van der Waals surface area contributed by atoms with Crippen LogP contribution in [0, 0.1) is 17.0 Å². The van der Waals surface area contributed by atoms with E-state index in [1.54, 1.807) is 0 Å². The molecule has 0 aliphatic rings. The average Bonchev–Trinajstić information content (AvgIpc) is 2.32. The molecule has 8 nitrogen and oxygen atoms in total. The topological polar surface area (TPSA) is 116 Å². The Balaban J connectivity index is 2.82. The lowest BCUT2D eigenvalue weighted by Crippen LogP contribution is -2.14. The molecule has 0 spiro atoms. The van der Waals surface area contributed by atoms with Crippen molar-refractivity contribution in [3.8, 4) is 5.88 Å². The Labute approximate surface area is 111 Å². The number of anilines is 1. The van der Waals surface area contributed by atoms with E-state index in [0.717, 1.165) is 0 Å². The van der Waals surface area contributed by atoms with Crippen LogP contribution in [0.15, 0.2) is 0 Å². The summed E-state index contributed by atoms with van der Waals surface area (Å²) in [6.45, 7) is 0.976. The SMILES string of the molecule is Cc1nc(NN)nc(OCCCC(F)(F)F)c1[N+](=O)[O-]. The maximum absolute atomic E-state index is 12.0. The summed E-state index contributed by atoms with van der Waals surface area (Å²) in [5, 5.41) is 10.8. The zero-order chi connectivity index (χ0) is 15.3. The van der Waals surface area contributed by atoms with Crippen LogP contribution in [0.1, 0.15) is 18.5 Å². The van der Waals surface area contributed by atoms with E-state index >= 15 is 0 Å². The van der Waals surface area contributed by atoms with Crippen molar-refractivity contribution in [3.63, 3.8) is 0 Å². The second kappa shape index (κ2) is 6.32. The van der Waals surface area contributed by atoms with Gasteiger partial charge in [0.15, 0.2) is 0 Å². The highest BCUT2D eigenvalue weighted by Gasteiger charge is 2.27. The van der Waals surface area contributed by atoms with E-state index in [1.165, 1.54) is 6.92 Å². The van der Waals surface area contributed by atoms with Gasteiger partial charge in [0.2, 0.25) is 5.95 Å². The van der Waals surface area contributed by atoms with Gasteiger partial charge in [-0.3, -0.25) is 15.5 Å². The first-order valence-electron chi connectivity index (χ1n) is 5.44. The normalized spacial score (nSPS) is 11.2. The van der Waals surface area contributed by atoms with Gasteiger partial charge in [0.25, 0.3) is 5.88 Å². The number of halogens is 3. The molecule has 0 unspecified atom stereocenters. The molecule has 3 N–H and O–H groups in total. The molecule has 1 aromatic rings. The summed E-state index contributed by atoms with van der Waals surface area (Å²) in [6, 6.07) is 0. The van der Waals surface area contributed by atoms with Gasteiger partial charge >= 0.3 is 11.9 Å². The van der Waals surface area contributed by atoms with E-state index in [-0.39, 0.29) is 24.7 Å². The molecule has 0 atom stereocenters. The quantitative estimate of drug-likeness (QED) is 0.355. The first-order chi connectivity index (χ1) is 9.24. The van der Waals surface area contributed by atoms with Crippen LogP contribution in [0.5, 0.6) is 5.88 Å². The van der Waals surface area contributed by atoms with Gasteiger partial charge < -0.3 is 4.74 Å². The number of nitrogen functional groups attached to an aromatic ring is 1. The van der Waals surface area contributed by atoms with Crippen molar-refractivity contribution in [2.75, 3.05) is 12.0 Å². The van der Waals surface area contributed by atoms with Gasteiger partial charge in [-0.05, 0) is 13.3 Å². The molecule has 112 valence electrons. The number of alkyl halides is 3. The molecule has 20 heavy (non-hydrogen) atoms. The molecule has 1 aromatic heterocycles. The molecule has 0 radical (unpaired) electrons. The van der Waals surface area contributed by atoms with Crippen molar-refractivity contribution in [2.45, 2.75) is 25.9 Å². The minimum atomic E-state index is -4.30. The lowest BCUT2D eigenvalue weighted by molar-refractivity contribution is -0.387.